The third kappa shape index (κ3) is 4.36. The molecule has 3 nitrogen and oxygen atoms in total. The predicted molar refractivity (Wildman–Crippen MR) is 114 cm³/mol. The van der Waals surface area contributed by atoms with E-state index in [-0.39, 0.29) is 11.7 Å². The molecule has 4 rings (SSSR count). The minimum atomic E-state index is -0.471. The molecule has 0 bridgehead atoms. The van der Waals surface area contributed by atoms with E-state index >= 15 is 0 Å². The van der Waals surface area contributed by atoms with Crippen LogP contribution in [0.3, 0.4) is 0 Å². The summed E-state index contributed by atoms with van der Waals surface area (Å²) in [6.45, 7) is 0. The van der Waals surface area contributed by atoms with Gasteiger partial charge in [0.1, 0.15) is 5.75 Å². The second-order valence-corrected chi connectivity index (χ2v) is 6.73. The number of benzene rings is 4. The Labute approximate surface area is 169 Å². The molecule has 0 spiro atoms. The Bertz CT molecular complexity index is 1030. The van der Waals surface area contributed by atoms with Crippen LogP contribution in [0.2, 0.25) is 0 Å². The van der Waals surface area contributed by atoms with E-state index in [1.165, 1.54) is 0 Å². The fourth-order valence-electron chi connectivity index (χ4n) is 3.21. The van der Waals surface area contributed by atoms with Gasteiger partial charge in [0.25, 0.3) is 0 Å². The summed E-state index contributed by atoms with van der Waals surface area (Å²) in [6.07, 6.45) is -0.471. The van der Waals surface area contributed by atoms with Gasteiger partial charge in [-0.15, -0.1) is 0 Å². The van der Waals surface area contributed by atoms with Gasteiger partial charge in [-0.1, -0.05) is 84.9 Å². The number of carbonyl (C=O) groups excluding carboxylic acids is 1. The maximum Gasteiger partial charge on any atom is 0.339 e. The summed E-state index contributed by atoms with van der Waals surface area (Å²) in [4.78, 5) is 12.8. The zero-order valence-corrected chi connectivity index (χ0v) is 15.7. The molecule has 0 fully saturated rings. The smallest absolute Gasteiger partial charge is 0.339 e. The molecule has 0 amide bonds. The molecule has 0 aliphatic heterocycles. The lowest BCUT2D eigenvalue weighted by atomic mass is 10.0. The van der Waals surface area contributed by atoms with Gasteiger partial charge in [0.15, 0.2) is 6.10 Å². The highest BCUT2D eigenvalue weighted by Crippen LogP contribution is 2.28. The topological polar surface area (TPSA) is 46.5 Å². The molecule has 4 aromatic rings. The van der Waals surface area contributed by atoms with Crippen LogP contribution in [0.4, 0.5) is 0 Å². The van der Waals surface area contributed by atoms with Crippen LogP contribution in [0.25, 0.3) is 11.1 Å². The third-order valence-electron chi connectivity index (χ3n) is 4.75. The van der Waals surface area contributed by atoms with Gasteiger partial charge in [-0.3, -0.25) is 0 Å². The summed E-state index contributed by atoms with van der Waals surface area (Å²) in [5, 5.41) is 9.43. The van der Waals surface area contributed by atoms with E-state index in [4.69, 9.17) is 4.74 Å². The summed E-state index contributed by atoms with van der Waals surface area (Å²) in [6, 6.07) is 33.7. The zero-order valence-electron chi connectivity index (χ0n) is 15.7. The average Bonchev–Trinajstić information content (AvgIpc) is 2.79. The molecule has 0 heterocycles. The number of esters is 1. The van der Waals surface area contributed by atoms with Gasteiger partial charge in [0, 0.05) is 0 Å². The highest BCUT2D eigenvalue weighted by molar-refractivity contribution is 5.90. The van der Waals surface area contributed by atoms with Crippen LogP contribution in [0, 0.1) is 0 Å². The second-order valence-electron chi connectivity index (χ2n) is 6.73. The van der Waals surface area contributed by atoms with E-state index < -0.39 is 6.10 Å². The molecule has 0 atom stereocenters. The Balaban J connectivity index is 1.57. The van der Waals surface area contributed by atoms with Gasteiger partial charge in [0.2, 0.25) is 0 Å². The molecule has 3 heteroatoms. The maximum absolute atomic E-state index is 12.8. The highest BCUT2D eigenvalue weighted by Gasteiger charge is 2.20. The van der Waals surface area contributed by atoms with E-state index in [1.54, 1.807) is 24.3 Å². The van der Waals surface area contributed by atoms with Gasteiger partial charge in [-0.05, 0) is 46.5 Å². The van der Waals surface area contributed by atoms with Gasteiger partial charge in [-0.25, -0.2) is 4.79 Å². The van der Waals surface area contributed by atoms with E-state index in [1.807, 2.05) is 84.9 Å². The Hall–Kier alpha value is -3.85. The molecule has 0 aliphatic carbocycles. The lowest BCUT2D eigenvalue weighted by Crippen LogP contribution is -2.13. The van der Waals surface area contributed by atoms with Crippen LogP contribution in [0.15, 0.2) is 109 Å². The van der Waals surface area contributed by atoms with Gasteiger partial charge >= 0.3 is 5.97 Å². The molecule has 0 saturated heterocycles. The highest BCUT2D eigenvalue weighted by atomic mass is 16.5. The van der Waals surface area contributed by atoms with Crippen molar-refractivity contribution >= 4 is 5.97 Å². The largest absolute Gasteiger partial charge is 0.508 e. The minimum absolute atomic E-state index is 0.224. The molecule has 0 saturated carbocycles. The Kier molecular flexibility index (Phi) is 5.39. The van der Waals surface area contributed by atoms with Crippen LogP contribution in [-0.2, 0) is 4.74 Å². The second kappa shape index (κ2) is 8.44. The Morgan fingerprint density at radius 3 is 1.55 bits per heavy atom. The van der Waals surface area contributed by atoms with E-state index in [9.17, 15) is 9.90 Å². The summed E-state index contributed by atoms with van der Waals surface area (Å²) >= 11 is 0. The summed E-state index contributed by atoms with van der Waals surface area (Å²) in [5.41, 5.74) is 4.27. The van der Waals surface area contributed by atoms with Crippen LogP contribution in [-0.4, -0.2) is 11.1 Å². The SMILES string of the molecule is O=C(OC(c1ccccc1)c1ccccc1)c1ccc(-c2ccc(O)cc2)cc1. The fourth-order valence-corrected chi connectivity index (χ4v) is 3.21. The van der Waals surface area contributed by atoms with Crippen molar-refractivity contribution in [1.82, 2.24) is 0 Å². The summed E-state index contributed by atoms with van der Waals surface area (Å²) in [7, 11) is 0. The van der Waals surface area contributed by atoms with Crippen molar-refractivity contribution in [3.05, 3.63) is 126 Å². The standard InChI is InChI=1S/C26H20O3/c27-24-17-15-20(16-18-24)19-11-13-23(14-12-19)26(28)29-25(21-7-3-1-4-8-21)22-9-5-2-6-10-22/h1-18,25,27H. The average molecular weight is 380 g/mol. The molecule has 0 aromatic heterocycles. The Morgan fingerprint density at radius 2 is 1.07 bits per heavy atom. The number of ether oxygens (including phenoxy) is 1. The van der Waals surface area contributed by atoms with Crippen molar-refractivity contribution in [2.75, 3.05) is 0 Å². The van der Waals surface area contributed by atoms with Gasteiger partial charge in [0.05, 0.1) is 5.56 Å². The van der Waals surface area contributed by atoms with Crippen molar-refractivity contribution in [1.29, 1.82) is 0 Å². The lowest BCUT2D eigenvalue weighted by Gasteiger charge is -2.19. The zero-order chi connectivity index (χ0) is 20.1. The minimum Gasteiger partial charge on any atom is -0.508 e. The molecule has 0 aliphatic rings. The molecule has 0 radical (unpaired) electrons. The van der Waals surface area contributed by atoms with Crippen LogP contribution >= 0.6 is 0 Å². The van der Waals surface area contributed by atoms with E-state index in [0.29, 0.717) is 5.56 Å². The van der Waals surface area contributed by atoms with Crippen molar-refractivity contribution in [2.24, 2.45) is 0 Å². The third-order valence-corrected chi connectivity index (χ3v) is 4.75. The number of phenols is 1. The summed E-state index contributed by atoms with van der Waals surface area (Å²) in [5.74, 6) is -0.151. The van der Waals surface area contributed by atoms with Crippen molar-refractivity contribution in [3.63, 3.8) is 0 Å². The predicted octanol–water partition coefficient (Wildman–Crippen LogP) is 6.01. The van der Waals surface area contributed by atoms with Crippen molar-refractivity contribution < 1.29 is 14.6 Å². The van der Waals surface area contributed by atoms with Crippen molar-refractivity contribution in [2.45, 2.75) is 6.10 Å². The molecule has 0 unspecified atom stereocenters. The monoisotopic (exact) mass is 380 g/mol. The fraction of sp³-hybridized carbons (Fsp3) is 0.0385. The lowest BCUT2D eigenvalue weighted by molar-refractivity contribution is 0.0378. The number of hydrogen-bond acceptors (Lipinski definition) is 3. The Morgan fingerprint density at radius 1 is 0.621 bits per heavy atom. The molecule has 1 N–H and O–H groups in total. The maximum atomic E-state index is 12.8. The normalized spacial score (nSPS) is 10.7. The molecule has 142 valence electrons. The van der Waals surface area contributed by atoms with E-state index in [2.05, 4.69) is 0 Å². The quantitative estimate of drug-likeness (QED) is 0.432. The van der Waals surface area contributed by atoms with Gasteiger partial charge in [-0.2, -0.15) is 0 Å². The van der Waals surface area contributed by atoms with Crippen molar-refractivity contribution in [3.8, 4) is 16.9 Å². The first-order valence-electron chi connectivity index (χ1n) is 9.41. The van der Waals surface area contributed by atoms with Crippen LogP contribution in [0.1, 0.15) is 27.6 Å². The first-order chi connectivity index (χ1) is 14.2. The number of phenolic OH excluding ortho intramolecular Hbond substituents is 1. The summed E-state index contributed by atoms with van der Waals surface area (Å²) < 4.78 is 5.90. The molecular formula is C26H20O3. The number of aromatic hydroxyl groups is 1. The number of rotatable bonds is 5. The molecular weight excluding hydrogens is 360 g/mol. The van der Waals surface area contributed by atoms with E-state index in [0.717, 1.165) is 22.3 Å². The van der Waals surface area contributed by atoms with Crippen LogP contribution < -0.4 is 0 Å². The van der Waals surface area contributed by atoms with Gasteiger partial charge < -0.3 is 9.84 Å². The van der Waals surface area contributed by atoms with Crippen LogP contribution in [0.5, 0.6) is 5.75 Å². The number of hydrogen-bond donors (Lipinski definition) is 1. The first kappa shape index (κ1) is 18.5. The molecule has 29 heavy (non-hydrogen) atoms. The number of carbonyl (C=O) groups is 1. The molecule has 4 aromatic carbocycles. The first-order valence-corrected chi connectivity index (χ1v) is 9.41.